The van der Waals surface area contributed by atoms with Crippen LogP contribution in [0.1, 0.15) is 15.9 Å². The van der Waals surface area contributed by atoms with Crippen LogP contribution < -0.4 is 5.32 Å². The maximum absolute atomic E-state index is 11.8. The molecule has 0 aliphatic heterocycles. The lowest BCUT2D eigenvalue weighted by Gasteiger charge is -2.07. The molecule has 0 fully saturated rings. The number of carboxylic acids is 1. The molecule has 0 bridgehead atoms. The van der Waals surface area contributed by atoms with Crippen molar-refractivity contribution >= 4 is 27.8 Å². The number of hydrogen-bond donors (Lipinski definition) is 2. The molecule has 0 radical (unpaired) electrons. The van der Waals surface area contributed by atoms with Gasteiger partial charge in [-0.2, -0.15) is 0 Å². The average Bonchev–Trinajstić information content (AvgIpc) is 2.27. The van der Waals surface area contributed by atoms with Crippen molar-refractivity contribution < 1.29 is 19.4 Å². The van der Waals surface area contributed by atoms with Crippen LogP contribution in [0.2, 0.25) is 0 Å². The van der Waals surface area contributed by atoms with Gasteiger partial charge in [-0.15, -0.1) is 0 Å². The van der Waals surface area contributed by atoms with Crippen molar-refractivity contribution in [2.24, 2.45) is 0 Å². The minimum Gasteiger partial charge on any atom is -0.480 e. The number of amides is 1. The molecular weight excluding hydrogens is 302 g/mol. The number of benzene rings is 1. The van der Waals surface area contributed by atoms with Crippen LogP contribution in [0.25, 0.3) is 0 Å². The lowest BCUT2D eigenvalue weighted by Crippen LogP contribution is -2.28. The summed E-state index contributed by atoms with van der Waals surface area (Å²) >= 11 is 3.32. The zero-order chi connectivity index (χ0) is 13.5. The van der Waals surface area contributed by atoms with Gasteiger partial charge < -0.3 is 15.2 Å². The molecule has 0 saturated carbocycles. The highest BCUT2D eigenvalue weighted by Gasteiger charge is 2.09. The summed E-state index contributed by atoms with van der Waals surface area (Å²) in [6.45, 7) is 2.02. The van der Waals surface area contributed by atoms with E-state index in [1.807, 2.05) is 19.1 Å². The van der Waals surface area contributed by atoms with E-state index in [4.69, 9.17) is 9.84 Å². The number of ether oxygens (including phenoxy) is 1. The highest BCUT2D eigenvalue weighted by molar-refractivity contribution is 9.10. The highest BCUT2D eigenvalue weighted by atomic mass is 79.9. The maximum atomic E-state index is 11.8. The fraction of sp³-hybridized carbons (Fsp3) is 0.333. The molecule has 1 aromatic rings. The second-order valence-corrected chi connectivity index (χ2v) is 4.54. The molecule has 98 valence electrons. The van der Waals surface area contributed by atoms with Gasteiger partial charge in [-0.3, -0.25) is 4.79 Å². The van der Waals surface area contributed by atoms with Crippen LogP contribution in [-0.2, 0) is 9.53 Å². The van der Waals surface area contributed by atoms with Gasteiger partial charge in [0.15, 0.2) is 0 Å². The number of aryl methyl sites for hydroxylation is 1. The summed E-state index contributed by atoms with van der Waals surface area (Å²) in [4.78, 5) is 21.9. The van der Waals surface area contributed by atoms with Crippen LogP contribution in [0, 0.1) is 6.92 Å². The second kappa shape index (κ2) is 7.13. The number of rotatable bonds is 6. The predicted molar refractivity (Wildman–Crippen MR) is 69.7 cm³/mol. The van der Waals surface area contributed by atoms with E-state index >= 15 is 0 Å². The topological polar surface area (TPSA) is 75.6 Å². The lowest BCUT2D eigenvalue weighted by atomic mass is 10.1. The van der Waals surface area contributed by atoms with Gasteiger partial charge in [0.05, 0.1) is 12.2 Å². The highest BCUT2D eigenvalue weighted by Crippen LogP contribution is 2.17. The third-order valence-corrected chi connectivity index (χ3v) is 2.78. The summed E-state index contributed by atoms with van der Waals surface area (Å²) in [6, 6.07) is 5.43. The minimum absolute atomic E-state index is 0.168. The van der Waals surface area contributed by atoms with E-state index in [1.54, 1.807) is 6.07 Å². The van der Waals surface area contributed by atoms with E-state index < -0.39 is 5.97 Å². The Hall–Kier alpha value is -1.40. The third-order valence-electron chi connectivity index (χ3n) is 2.13. The van der Waals surface area contributed by atoms with Crippen molar-refractivity contribution in [2.45, 2.75) is 6.92 Å². The Labute approximate surface area is 113 Å². The van der Waals surface area contributed by atoms with Gasteiger partial charge in [-0.25, -0.2) is 4.79 Å². The SMILES string of the molecule is Cc1ccc(C(=O)NCCOCC(=O)O)c(Br)c1. The summed E-state index contributed by atoms with van der Waals surface area (Å²) in [5.41, 5.74) is 1.60. The molecule has 5 nitrogen and oxygen atoms in total. The summed E-state index contributed by atoms with van der Waals surface area (Å²) in [7, 11) is 0. The van der Waals surface area contributed by atoms with Crippen molar-refractivity contribution in [1.82, 2.24) is 5.32 Å². The van der Waals surface area contributed by atoms with Gasteiger partial charge in [0, 0.05) is 11.0 Å². The van der Waals surface area contributed by atoms with E-state index in [0.717, 1.165) is 10.0 Å². The number of nitrogens with one attached hydrogen (secondary N) is 1. The molecule has 1 rings (SSSR count). The predicted octanol–water partition coefficient (Wildman–Crippen LogP) is 1.59. The molecule has 0 saturated heterocycles. The van der Waals surface area contributed by atoms with E-state index in [1.165, 1.54) is 0 Å². The molecule has 0 heterocycles. The Bertz CT molecular complexity index is 448. The normalized spacial score (nSPS) is 10.1. The Kier molecular flexibility index (Phi) is 5.80. The number of halogens is 1. The van der Waals surface area contributed by atoms with Crippen molar-refractivity contribution in [3.8, 4) is 0 Å². The second-order valence-electron chi connectivity index (χ2n) is 3.69. The smallest absolute Gasteiger partial charge is 0.329 e. The molecule has 0 aromatic heterocycles. The first kappa shape index (κ1) is 14.7. The first-order valence-electron chi connectivity index (χ1n) is 5.34. The maximum Gasteiger partial charge on any atom is 0.329 e. The van der Waals surface area contributed by atoms with Crippen molar-refractivity contribution in [3.63, 3.8) is 0 Å². The molecule has 0 atom stereocenters. The molecule has 1 aromatic carbocycles. The summed E-state index contributed by atoms with van der Waals surface area (Å²) < 4.78 is 5.53. The molecule has 1 amide bonds. The van der Waals surface area contributed by atoms with Crippen LogP contribution in [0.15, 0.2) is 22.7 Å². The van der Waals surface area contributed by atoms with E-state index in [-0.39, 0.29) is 25.7 Å². The molecule has 6 heteroatoms. The number of hydrogen-bond acceptors (Lipinski definition) is 3. The monoisotopic (exact) mass is 315 g/mol. The standard InChI is InChI=1S/C12H14BrNO4/c1-8-2-3-9(10(13)6-8)12(17)14-4-5-18-7-11(15)16/h2-3,6H,4-5,7H2,1H3,(H,14,17)(H,15,16). The van der Waals surface area contributed by atoms with Crippen LogP contribution in [-0.4, -0.2) is 36.7 Å². The Morgan fingerprint density at radius 2 is 2.17 bits per heavy atom. The van der Waals surface area contributed by atoms with Crippen molar-refractivity contribution in [1.29, 1.82) is 0 Å². The van der Waals surface area contributed by atoms with Crippen LogP contribution in [0.4, 0.5) is 0 Å². The zero-order valence-electron chi connectivity index (χ0n) is 9.90. The number of carbonyl (C=O) groups excluding carboxylic acids is 1. The van der Waals surface area contributed by atoms with Crippen molar-refractivity contribution in [3.05, 3.63) is 33.8 Å². The largest absolute Gasteiger partial charge is 0.480 e. The molecule has 0 aliphatic rings. The zero-order valence-corrected chi connectivity index (χ0v) is 11.5. The molecule has 0 aliphatic carbocycles. The van der Waals surface area contributed by atoms with Crippen molar-refractivity contribution in [2.75, 3.05) is 19.8 Å². The lowest BCUT2D eigenvalue weighted by molar-refractivity contribution is -0.142. The van der Waals surface area contributed by atoms with Gasteiger partial charge in [0.25, 0.3) is 5.91 Å². The first-order valence-corrected chi connectivity index (χ1v) is 6.14. The molecule has 0 unspecified atom stereocenters. The summed E-state index contributed by atoms with van der Waals surface area (Å²) in [5, 5.41) is 11.0. The fourth-order valence-corrected chi connectivity index (χ4v) is 1.97. The first-order chi connectivity index (χ1) is 8.50. The van der Waals surface area contributed by atoms with E-state index in [2.05, 4.69) is 21.2 Å². The Morgan fingerprint density at radius 1 is 1.44 bits per heavy atom. The van der Waals surface area contributed by atoms with Gasteiger partial charge in [0.2, 0.25) is 0 Å². The summed E-state index contributed by atoms with van der Waals surface area (Å²) in [6.07, 6.45) is 0. The van der Waals surface area contributed by atoms with Crippen LogP contribution in [0.5, 0.6) is 0 Å². The molecule has 0 spiro atoms. The van der Waals surface area contributed by atoms with Gasteiger partial charge in [-0.05, 0) is 40.5 Å². The van der Waals surface area contributed by atoms with Crippen LogP contribution >= 0.6 is 15.9 Å². The molecule has 2 N–H and O–H groups in total. The van der Waals surface area contributed by atoms with Crippen LogP contribution in [0.3, 0.4) is 0 Å². The quantitative estimate of drug-likeness (QED) is 0.782. The van der Waals surface area contributed by atoms with E-state index in [9.17, 15) is 9.59 Å². The molecular formula is C12H14BrNO4. The summed E-state index contributed by atoms with van der Waals surface area (Å²) in [5.74, 6) is -1.25. The number of aliphatic carboxylic acids is 1. The average molecular weight is 316 g/mol. The Morgan fingerprint density at radius 3 is 2.78 bits per heavy atom. The van der Waals surface area contributed by atoms with Gasteiger partial charge in [-0.1, -0.05) is 6.07 Å². The number of carboxylic acid groups (broad SMARTS) is 1. The fourth-order valence-electron chi connectivity index (χ4n) is 1.30. The molecule has 18 heavy (non-hydrogen) atoms. The van der Waals surface area contributed by atoms with Gasteiger partial charge in [0.1, 0.15) is 6.61 Å². The Balaban J connectivity index is 2.39. The third kappa shape index (κ3) is 4.85. The number of carbonyl (C=O) groups is 2. The van der Waals surface area contributed by atoms with E-state index in [0.29, 0.717) is 5.56 Å². The van der Waals surface area contributed by atoms with Gasteiger partial charge >= 0.3 is 5.97 Å². The minimum atomic E-state index is -1.03.